The lowest BCUT2D eigenvalue weighted by Crippen LogP contribution is -2.45. The molecule has 5 aromatic rings. The molecule has 9 rings (SSSR count). The maximum atomic E-state index is 14.2. The summed E-state index contributed by atoms with van der Waals surface area (Å²) in [5, 5.41) is 17.9. The van der Waals surface area contributed by atoms with Gasteiger partial charge in [-0.1, -0.05) is 92.6 Å². The molecule has 4 amide bonds. The third-order valence-electron chi connectivity index (χ3n) is 16.4. The second-order valence-corrected chi connectivity index (χ2v) is 27.0. The molecule has 0 saturated carbocycles. The van der Waals surface area contributed by atoms with E-state index >= 15 is 0 Å². The lowest BCUT2D eigenvalue weighted by atomic mass is 9.92. The fraction of sp³-hybridized carbons (Fsp3) is 0.455. The fourth-order valence-electron chi connectivity index (χ4n) is 11.7. The minimum absolute atomic E-state index is 0.0524. The minimum Gasteiger partial charge on any atom is -0.493 e. The van der Waals surface area contributed by atoms with Crippen molar-refractivity contribution in [3.8, 4) is 17.2 Å². The molecule has 82 heavy (non-hydrogen) atoms. The first-order valence-corrected chi connectivity index (χ1v) is 31.1. The van der Waals surface area contributed by atoms with Crippen LogP contribution in [0.4, 0.5) is 17.1 Å². The van der Waals surface area contributed by atoms with Gasteiger partial charge >= 0.3 is 0 Å². The highest BCUT2D eigenvalue weighted by Gasteiger charge is 2.42. The van der Waals surface area contributed by atoms with Crippen LogP contribution in [0.3, 0.4) is 0 Å². The van der Waals surface area contributed by atoms with E-state index in [1.165, 1.54) is 5.56 Å². The molecule has 6 atom stereocenters. The topological polar surface area (TPSA) is 181 Å². The van der Waals surface area contributed by atoms with E-state index in [-0.39, 0.29) is 90.4 Å². The molecule has 0 aliphatic carbocycles. The van der Waals surface area contributed by atoms with Crippen molar-refractivity contribution in [2.75, 3.05) is 22.2 Å². The Labute approximate surface area is 490 Å². The van der Waals surface area contributed by atoms with Gasteiger partial charge < -0.3 is 39.8 Å². The third-order valence-corrected chi connectivity index (χ3v) is 20.3. The number of fused-ring (bicyclic) bond motifs is 8. The van der Waals surface area contributed by atoms with Crippen LogP contribution in [0.1, 0.15) is 153 Å². The molecule has 0 aromatic heterocycles. The summed E-state index contributed by atoms with van der Waals surface area (Å²) in [6, 6.07) is 27.7. The van der Waals surface area contributed by atoms with Crippen molar-refractivity contribution < 1.29 is 48.1 Å². The Bertz CT molecular complexity index is 3250. The minimum atomic E-state index is -0.793. The van der Waals surface area contributed by atoms with Crippen LogP contribution in [0.15, 0.2) is 91.0 Å². The number of amides is 4. The molecule has 0 spiro atoms. The smallest absolute Gasteiger partial charge is 0.258 e. The van der Waals surface area contributed by atoms with E-state index in [1.807, 2.05) is 111 Å². The van der Waals surface area contributed by atoms with Crippen LogP contribution in [0.5, 0.6) is 17.2 Å². The van der Waals surface area contributed by atoms with E-state index in [0.29, 0.717) is 88.1 Å². The largest absolute Gasteiger partial charge is 0.493 e. The number of rotatable bonds is 24. The van der Waals surface area contributed by atoms with Crippen LogP contribution in [-0.2, 0) is 58.1 Å². The fourth-order valence-corrected chi connectivity index (χ4v) is 14.3. The quantitative estimate of drug-likeness (QED) is 0.0498. The molecule has 434 valence electrons. The van der Waals surface area contributed by atoms with Gasteiger partial charge in [-0.2, -0.15) is 0 Å². The van der Waals surface area contributed by atoms with Crippen LogP contribution in [-0.4, -0.2) is 81.6 Å². The number of Topliss-reactive ketones (excluding diaryl/α,β-unsaturated/α-hetero) is 2. The monoisotopic (exact) mass is 1150 g/mol. The van der Waals surface area contributed by atoms with Gasteiger partial charge in [-0.25, -0.2) is 0 Å². The summed E-state index contributed by atoms with van der Waals surface area (Å²) < 4.78 is 18.7. The Morgan fingerprint density at radius 1 is 0.756 bits per heavy atom. The molecule has 16 heteroatoms. The zero-order chi connectivity index (χ0) is 58.6. The molecule has 0 fully saturated rings. The summed E-state index contributed by atoms with van der Waals surface area (Å²) in [4.78, 5) is 85.5. The number of carbonyl (C=O) groups excluding carboxylic acids is 6. The van der Waals surface area contributed by atoms with Crippen LogP contribution in [0.2, 0.25) is 0 Å². The molecule has 0 bridgehead atoms. The van der Waals surface area contributed by atoms with Crippen LogP contribution in [0.25, 0.3) is 0 Å². The number of anilines is 3. The number of para-hydroxylation sites is 2. The standard InChI is InChI=1S/C66H78N4O10S2/c1-10-50(71)22-19-41(6)81-82-66(7,8)24-23-61(74)68-62(38(2)3)57(73)26-40(5)63(75)67-48-28-42(36-79-58-34-47-32-56(72)55-31-46-16-12-14-18-54(46)70(55)65(77)51(47)25-39(58)4)27-43(29-48)37-80-60-33-44-20-21-49-30-45-15-11-13-17-53(45)69(49)64(76)52(44)35-59(60)78-9/h11-18,25,27-29,33-35,38,40-41,49,55-56,62,72H,10,19-24,26,30-32,36-37H2,1-9H3,(H,67,75)(H,68,74)/t40-,41?,49-,55+,56?,62+/m1/s1. The molecular formula is C66H78N4O10S2. The van der Waals surface area contributed by atoms with Gasteiger partial charge in [0.1, 0.15) is 24.7 Å². The normalized spacial score (nSPS) is 18.2. The molecule has 4 heterocycles. The summed E-state index contributed by atoms with van der Waals surface area (Å²) >= 11 is 0. The summed E-state index contributed by atoms with van der Waals surface area (Å²) in [6.45, 7) is 15.7. The number of nitrogens with zero attached hydrogens (tertiary/aromatic N) is 2. The zero-order valence-electron chi connectivity index (χ0n) is 48.7. The number of nitrogens with one attached hydrogen (secondary N) is 2. The first kappa shape index (κ1) is 60.0. The van der Waals surface area contributed by atoms with Crippen molar-refractivity contribution in [3.63, 3.8) is 0 Å². The van der Waals surface area contributed by atoms with E-state index in [4.69, 9.17) is 14.2 Å². The van der Waals surface area contributed by atoms with E-state index < -0.39 is 18.1 Å². The van der Waals surface area contributed by atoms with Crippen molar-refractivity contribution in [1.82, 2.24) is 5.32 Å². The number of ether oxygens (including phenoxy) is 3. The van der Waals surface area contributed by atoms with E-state index in [1.54, 1.807) is 46.6 Å². The summed E-state index contributed by atoms with van der Waals surface area (Å²) in [5.41, 5.74) is 9.23. The lowest BCUT2D eigenvalue weighted by Gasteiger charge is -2.26. The molecule has 4 aliphatic heterocycles. The third kappa shape index (κ3) is 13.7. The number of methoxy groups -OCH3 is 1. The molecular weight excluding hydrogens is 1070 g/mol. The van der Waals surface area contributed by atoms with Gasteiger partial charge in [0.15, 0.2) is 17.3 Å². The highest BCUT2D eigenvalue weighted by Crippen LogP contribution is 2.44. The molecule has 4 aliphatic rings. The van der Waals surface area contributed by atoms with E-state index in [2.05, 4.69) is 37.5 Å². The number of aryl methyl sites for hydroxylation is 2. The maximum Gasteiger partial charge on any atom is 0.258 e. The number of carbonyl (C=O) groups is 6. The summed E-state index contributed by atoms with van der Waals surface area (Å²) in [5.74, 6) is -0.351. The van der Waals surface area contributed by atoms with Crippen molar-refractivity contribution in [2.24, 2.45) is 11.8 Å². The van der Waals surface area contributed by atoms with Crippen LogP contribution < -0.4 is 34.6 Å². The molecule has 5 aromatic carbocycles. The van der Waals surface area contributed by atoms with Gasteiger partial charge in [0.25, 0.3) is 11.8 Å². The zero-order valence-corrected chi connectivity index (χ0v) is 50.4. The second-order valence-electron chi connectivity index (χ2n) is 23.6. The van der Waals surface area contributed by atoms with Gasteiger partial charge in [-0.15, -0.1) is 0 Å². The molecule has 0 saturated heterocycles. The lowest BCUT2D eigenvalue weighted by molar-refractivity contribution is -0.131. The Hall–Kier alpha value is -6.62. The molecule has 14 nitrogen and oxygen atoms in total. The van der Waals surface area contributed by atoms with Crippen molar-refractivity contribution >= 4 is 73.8 Å². The Balaban J connectivity index is 0.902. The highest BCUT2D eigenvalue weighted by molar-refractivity contribution is 8.77. The average molecular weight is 1150 g/mol. The van der Waals surface area contributed by atoms with Crippen LogP contribution in [0, 0.1) is 18.8 Å². The molecule has 0 radical (unpaired) electrons. The highest BCUT2D eigenvalue weighted by atomic mass is 33.1. The summed E-state index contributed by atoms with van der Waals surface area (Å²) in [7, 11) is 5.00. The number of aliphatic hydroxyl groups is 1. The SMILES string of the molecule is CCC(=O)CCC(C)SSC(C)(C)CCC(=O)N[C@H](C(=O)C[C@@H](C)C(=O)Nc1cc(COc2cc3c(cc2C)C(=O)N2c4ccccc4C[C@H]2C(O)C3)cc(COc2cc3c(cc2OC)C(=O)N2c4ccccc4C[C@H]2CC3)c1)C(C)C. The first-order chi connectivity index (χ1) is 39.2. The van der Waals surface area contributed by atoms with Gasteiger partial charge in [0.2, 0.25) is 11.8 Å². The van der Waals surface area contributed by atoms with Crippen LogP contribution >= 0.6 is 21.6 Å². The van der Waals surface area contributed by atoms with Crippen molar-refractivity contribution in [2.45, 2.75) is 173 Å². The molecule has 2 unspecified atom stereocenters. The maximum absolute atomic E-state index is 14.2. The molecule has 3 N–H and O–H groups in total. The van der Waals surface area contributed by atoms with E-state index in [0.717, 1.165) is 47.3 Å². The predicted molar refractivity (Wildman–Crippen MR) is 325 cm³/mol. The van der Waals surface area contributed by atoms with E-state index in [9.17, 15) is 33.9 Å². The number of hydrogen-bond acceptors (Lipinski definition) is 12. The van der Waals surface area contributed by atoms with Gasteiger partial charge in [-0.3, -0.25) is 28.8 Å². The number of hydrogen-bond donors (Lipinski definition) is 3. The van der Waals surface area contributed by atoms with Gasteiger partial charge in [0.05, 0.1) is 25.3 Å². The van der Waals surface area contributed by atoms with Crippen molar-refractivity contribution in [3.05, 3.63) is 141 Å². The Morgan fingerprint density at radius 2 is 1.39 bits per heavy atom. The Kier molecular flexibility index (Phi) is 18.9. The van der Waals surface area contributed by atoms with Crippen molar-refractivity contribution in [1.29, 1.82) is 0 Å². The average Bonchev–Trinajstić information content (AvgIpc) is 4.23. The summed E-state index contributed by atoms with van der Waals surface area (Å²) in [6.07, 6.45) is 4.97. The Morgan fingerprint density at radius 3 is 2.07 bits per heavy atom. The number of aliphatic hydroxyl groups excluding tert-OH is 1. The number of benzene rings is 5. The predicted octanol–water partition coefficient (Wildman–Crippen LogP) is 11.9. The second kappa shape index (κ2) is 25.9. The first-order valence-electron chi connectivity index (χ1n) is 28.9. The number of ketones is 2. The van der Waals surface area contributed by atoms with Gasteiger partial charge in [0, 0.05) is 82.2 Å². The van der Waals surface area contributed by atoms with Gasteiger partial charge in [-0.05, 0) is 159 Å².